The summed E-state index contributed by atoms with van der Waals surface area (Å²) in [6.45, 7) is 5.69. The van der Waals surface area contributed by atoms with Crippen LogP contribution in [0.2, 0.25) is 0 Å². The zero-order valence-electron chi connectivity index (χ0n) is 10.3. The Bertz CT molecular complexity index is 370. The smallest absolute Gasteiger partial charge is 0.256 e. The van der Waals surface area contributed by atoms with Crippen molar-refractivity contribution in [3.05, 3.63) is 29.8 Å². The topological polar surface area (TPSA) is 38.3 Å². The fourth-order valence-corrected chi connectivity index (χ4v) is 1.37. The van der Waals surface area contributed by atoms with Crippen LogP contribution in [-0.2, 0) is 9.53 Å². The van der Waals surface area contributed by atoms with Gasteiger partial charge < -0.3 is 10.1 Å². The summed E-state index contributed by atoms with van der Waals surface area (Å²) in [6.07, 6.45) is 0.640. The maximum atomic E-state index is 12.0. The Morgan fingerprint density at radius 2 is 2.06 bits per heavy atom. The van der Waals surface area contributed by atoms with Gasteiger partial charge in [0.25, 0.3) is 5.91 Å². The number of carbonyl (C=O) groups excluding carboxylic acids is 1. The van der Waals surface area contributed by atoms with Gasteiger partial charge in [-0.25, -0.2) is 0 Å². The molecular weight excluding hydrogens is 202 g/mol. The number of amides is 1. The van der Waals surface area contributed by atoms with Crippen LogP contribution in [0.5, 0.6) is 0 Å². The minimum absolute atomic E-state index is 0.105. The van der Waals surface area contributed by atoms with E-state index in [1.165, 1.54) is 0 Å². The molecule has 1 atom stereocenters. The van der Waals surface area contributed by atoms with Gasteiger partial charge in [-0.2, -0.15) is 0 Å². The Labute approximate surface area is 96.8 Å². The first-order valence-electron chi connectivity index (χ1n) is 5.45. The zero-order valence-corrected chi connectivity index (χ0v) is 10.3. The molecule has 0 aliphatic heterocycles. The number of carbonyl (C=O) groups is 1. The second kappa shape index (κ2) is 5.12. The molecule has 0 aromatic heterocycles. The van der Waals surface area contributed by atoms with Gasteiger partial charge in [0, 0.05) is 12.8 Å². The molecule has 1 amide bonds. The second-order valence-electron chi connectivity index (χ2n) is 4.06. The van der Waals surface area contributed by atoms with E-state index in [1.54, 1.807) is 14.0 Å². The molecule has 1 N–H and O–H groups in total. The predicted molar refractivity (Wildman–Crippen MR) is 65.5 cm³/mol. The summed E-state index contributed by atoms with van der Waals surface area (Å²) in [5.74, 6) is -0.105. The molecule has 1 unspecified atom stereocenters. The minimum Gasteiger partial charge on any atom is -0.369 e. The molecule has 0 saturated heterocycles. The molecule has 1 aromatic rings. The number of para-hydroxylation sites is 1. The van der Waals surface area contributed by atoms with Crippen molar-refractivity contribution < 1.29 is 9.53 Å². The number of anilines is 1. The van der Waals surface area contributed by atoms with Gasteiger partial charge in [-0.15, -0.1) is 0 Å². The lowest BCUT2D eigenvalue weighted by Crippen LogP contribution is -2.41. The van der Waals surface area contributed by atoms with Gasteiger partial charge >= 0.3 is 0 Å². The molecular formula is C13H19NO2. The van der Waals surface area contributed by atoms with Crippen LogP contribution in [0.1, 0.15) is 25.8 Å². The molecule has 0 radical (unpaired) electrons. The summed E-state index contributed by atoms with van der Waals surface area (Å²) in [7, 11) is 1.56. The van der Waals surface area contributed by atoms with Crippen molar-refractivity contribution in [2.24, 2.45) is 0 Å². The minimum atomic E-state index is -0.762. The Kier molecular flexibility index (Phi) is 4.07. The summed E-state index contributed by atoms with van der Waals surface area (Å²) in [4.78, 5) is 12.0. The van der Waals surface area contributed by atoms with Gasteiger partial charge in [0.15, 0.2) is 0 Å². The van der Waals surface area contributed by atoms with Gasteiger partial charge in [0.05, 0.1) is 0 Å². The number of hydrogen-bond acceptors (Lipinski definition) is 2. The summed E-state index contributed by atoms with van der Waals surface area (Å²) in [5, 5.41) is 2.89. The average Bonchev–Trinajstić information content (AvgIpc) is 2.31. The fourth-order valence-electron chi connectivity index (χ4n) is 1.37. The quantitative estimate of drug-likeness (QED) is 0.849. The third-order valence-corrected chi connectivity index (χ3v) is 3.00. The van der Waals surface area contributed by atoms with E-state index < -0.39 is 5.60 Å². The summed E-state index contributed by atoms with van der Waals surface area (Å²) < 4.78 is 5.25. The molecule has 0 bridgehead atoms. The van der Waals surface area contributed by atoms with Gasteiger partial charge in [-0.1, -0.05) is 25.1 Å². The highest BCUT2D eigenvalue weighted by Gasteiger charge is 2.31. The van der Waals surface area contributed by atoms with E-state index in [1.807, 2.05) is 38.1 Å². The number of methoxy groups -OCH3 is 1. The van der Waals surface area contributed by atoms with E-state index in [2.05, 4.69) is 5.32 Å². The monoisotopic (exact) mass is 221 g/mol. The number of hydrogen-bond donors (Lipinski definition) is 1. The Hall–Kier alpha value is -1.35. The number of rotatable bonds is 4. The highest BCUT2D eigenvalue weighted by molar-refractivity contribution is 5.97. The lowest BCUT2D eigenvalue weighted by Gasteiger charge is -2.25. The molecule has 16 heavy (non-hydrogen) atoms. The second-order valence-corrected chi connectivity index (χ2v) is 4.06. The first-order valence-corrected chi connectivity index (χ1v) is 5.45. The molecule has 3 heteroatoms. The van der Waals surface area contributed by atoms with Crippen molar-refractivity contribution in [2.45, 2.75) is 32.8 Å². The number of nitrogens with one attached hydrogen (secondary N) is 1. The van der Waals surface area contributed by atoms with Crippen LogP contribution in [0.3, 0.4) is 0 Å². The maximum Gasteiger partial charge on any atom is 0.256 e. The van der Waals surface area contributed by atoms with Crippen molar-refractivity contribution in [2.75, 3.05) is 12.4 Å². The number of benzene rings is 1. The van der Waals surface area contributed by atoms with Crippen LogP contribution in [-0.4, -0.2) is 18.6 Å². The van der Waals surface area contributed by atoms with E-state index in [0.29, 0.717) is 6.42 Å². The van der Waals surface area contributed by atoms with Crippen LogP contribution in [0.25, 0.3) is 0 Å². The van der Waals surface area contributed by atoms with Crippen molar-refractivity contribution in [3.8, 4) is 0 Å². The third kappa shape index (κ3) is 2.61. The highest BCUT2D eigenvalue weighted by Crippen LogP contribution is 2.19. The molecule has 0 saturated carbocycles. The molecule has 0 aliphatic rings. The normalized spacial score (nSPS) is 14.2. The molecule has 88 valence electrons. The molecule has 0 spiro atoms. The summed E-state index contributed by atoms with van der Waals surface area (Å²) >= 11 is 0. The average molecular weight is 221 g/mol. The standard InChI is InChI=1S/C13H19NO2/c1-5-13(3,16-4)12(15)14-11-9-7-6-8-10(11)2/h6-9H,5H2,1-4H3,(H,14,15). The van der Waals surface area contributed by atoms with Gasteiger partial charge in [-0.05, 0) is 31.9 Å². The maximum absolute atomic E-state index is 12.0. The summed E-state index contributed by atoms with van der Waals surface area (Å²) in [5.41, 5.74) is 1.12. The summed E-state index contributed by atoms with van der Waals surface area (Å²) in [6, 6.07) is 7.70. The molecule has 0 heterocycles. The Morgan fingerprint density at radius 3 is 2.56 bits per heavy atom. The fraction of sp³-hybridized carbons (Fsp3) is 0.462. The predicted octanol–water partition coefficient (Wildman–Crippen LogP) is 2.75. The molecule has 1 aromatic carbocycles. The highest BCUT2D eigenvalue weighted by atomic mass is 16.5. The molecule has 0 aliphatic carbocycles. The number of ether oxygens (including phenoxy) is 1. The zero-order chi connectivity index (χ0) is 12.2. The van der Waals surface area contributed by atoms with Crippen LogP contribution in [0, 0.1) is 6.92 Å². The Balaban J connectivity index is 2.83. The van der Waals surface area contributed by atoms with E-state index in [-0.39, 0.29) is 5.91 Å². The first kappa shape index (κ1) is 12.7. The van der Waals surface area contributed by atoms with E-state index in [9.17, 15) is 4.79 Å². The number of aryl methyl sites for hydroxylation is 1. The van der Waals surface area contributed by atoms with E-state index in [4.69, 9.17) is 4.74 Å². The first-order chi connectivity index (χ1) is 7.53. The van der Waals surface area contributed by atoms with Crippen LogP contribution >= 0.6 is 0 Å². The van der Waals surface area contributed by atoms with Crippen LogP contribution in [0.4, 0.5) is 5.69 Å². The van der Waals surface area contributed by atoms with Gasteiger partial charge in [0.1, 0.15) is 5.60 Å². The van der Waals surface area contributed by atoms with Crippen molar-refractivity contribution in [3.63, 3.8) is 0 Å². The largest absolute Gasteiger partial charge is 0.369 e. The van der Waals surface area contributed by atoms with E-state index >= 15 is 0 Å². The Morgan fingerprint density at radius 1 is 1.44 bits per heavy atom. The van der Waals surface area contributed by atoms with E-state index in [0.717, 1.165) is 11.3 Å². The van der Waals surface area contributed by atoms with Crippen LogP contribution in [0.15, 0.2) is 24.3 Å². The van der Waals surface area contributed by atoms with Gasteiger partial charge in [-0.3, -0.25) is 4.79 Å². The lowest BCUT2D eigenvalue weighted by molar-refractivity contribution is -0.136. The molecule has 3 nitrogen and oxygen atoms in total. The molecule has 0 fully saturated rings. The lowest BCUT2D eigenvalue weighted by atomic mass is 10.0. The molecule has 1 rings (SSSR count). The van der Waals surface area contributed by atoms with Crippen molar-refractivity contribution >= 4 is 11.6 Å². The van der Waals surface area contributed by atoms with Crippen molar-refractivity contribution in [1.82, 2.24) is 0 Å². The van der Waals surface area contributed by atoms with Gasteiger partial charge in [0.2, 0.25) is 0 Å². The van der Waals surface area contributed by atoms with Crippen molar-refractivity contribution in [1.29, 1.82) is 0 Å². The third-order valence-electron chi connectivity index (χ3n) is 3.00. The van der Waals surface area contributed by atoms with Crippen LogP contribution < -0.4 is 5.32 Å². The SMILES string of the molecule is CCC(C)(OC)C(=O)Nc1ccccc1C.